The molecule has 0 saturated heterocycles. The van der Waals surface area contributed by atoms with Gasteiger partial charge < -0.3 is 11.1 Å². The number of anilines is 2. The Labute approximate surface area is 133 Å². The summed E-state index contributed by atoms with van der Waals surface area (Å²) in [4.78, 5) is 8.90. The van der Waals surface area contributed by atoms with Crippen molar-refractivity contribution < 1.29 is 0 Å². The molecule has 2 aromatic heterocycles. The second kappa shape index (κ2) is 5.57. The van der Waals surface area contributed by atoms with Gasteiger partial charge in [0, 0.05) is 11.7 Å². The predicted octanol–water partition coefficient (Wildman–Crippen LogP) is 3.63. The highest BCUT2D eigenvalue weighted by Crippen LogP contribution is 2.33. The maximum Gasteiger partial charge on any atom is 0.147 e. The third-order valence-corrected chi connectivity index (χ3v) is 5.03. The monoisotopic (exact) mass is 310 g/mol. The van der Waals surface area contributed by atoms with Crippen LogP contribution in [0.25, 0.3) is 10.2 Å². The van der Waals surface area contributed by atoms with E-state index in [1.54, 1.807) is 17.7 Å². The van der Waals surface area contributed by atoms with E-state index >= 15 is 0 Å². The van der Waals surface area contributed by atoms with Gasteiger partial charge in [-0.2, -0.15) is 0 Å². The van der Waals surface area contributed by atoms with E-state index in [4.69, 9.17) is 5.73 Å². The third kappa shape index (κ3) is 2.76. The maximum atomic E-state index is 5.73. The molecule has 0 aliphatic heterocycles. The van der Waals surface area contributed by atoms with Gasteiger partial charge >= 0.3 is 0 Å². The fourth-order valence-electron chi connectivity index (χ4n) is 2.56. The minimum absolute atomic E-state index is 0.610. The highest BCUT2D eigenvalue weighted by atomic mass is 32.1. The van der Waals surface area contributed by atoms with Crippen molar-refractivity contribution in [1.29, 1.82) is 0 Å². The molecule has 1 aliphatic carbocycles. The molecule has 0 atom stereocenters. The minimum atomic E-state index is 0.610. The molecule has 3 aromatic rings. The number of aryl methyl sites for hydroxylation is 2. The Morgan fingerprint density at radius 3 is 2.73 bits per heavy atom. The molecule has 3 N–H and O–H groups in total. The van der Waals surface area contributed by atoms with Crippen LogP contribution in [0.5, 0.6) is 0 Å². The van der Waals surface area contributed by atoms with Gasteiger partial charge in [-0.15, -0.1) is 11.3 Å². The Balaban J connectivity index is 1.55. The molecule has 0 radical (unpaired) electrons. The molecule has 5 heteroatoms. The maximum absolute atomic E-state index is 5.73. The molecule has 1 aliphatic rings. The topological polar surface area (TPSA) is 63.8 Å². The summed E-state index contributed by atoms with van der Waals surface area (Å²) in [6.07, 6.45) is 6.17. The van der Waals surface area contributed by atoms with Crippen LogP contribution in [-0.2, 0) is 12.8 Å². The lowest BCUT2D eigenvalue weighted by Crippen LogP contribution is -2.03. The largest absolute Gasteiger partial charge is 0.399 e. The number of nitrogens with one attached hydrogen (secondary N) is 1. The van der Waals surface area contributed by atoms with Crippen molar-refractivity contribution in [2.45, 2.75) is 31.7 Å². The lowest BCUT2D eigenvalue weighted by Gasteiger charge is -2.04. The fraction of sp³-hybridized carbons (Fsp3) is 0.294. The van der Waals surface area contributed by atoms with Crippen LogP contribution in [0.3, 0.4) is 0 Å². The number of fused-ring (bicyclic) bond motifs is 1. The van der Waals surface area contributed by atoms with Crippen LogP contribution in [0.4, 0.5) is 11.5 Å². The van der Waals surface area contributed by atoms with E-state index in [9.17, 15) is 0 Å². The number of thiophene rings is 1. The first-order valence-corrected chi connectivity index (χ1v) is 8.49. The van der Waals surface area contributed by atoms with E-state index < -0.39 is 0 Å². The number of nitrogens with two attached hydrogens (primary N) is 1. The number of hydrogen-bond donors (Lipinski definition) is 2. The summed E-state index contributed by atoms with van der Waals surface area (Å²) in [7, 11) is 0. The van der Waals surface area contributed by atoms with Crippen LogP contribution in [0, 0.1) is 0 Å². The van der Waals surface area contributed by atoms with Gasteiger partial charge in [0.25, 0.3) is 0 Å². The average molecular weight is 310 g/mol. The van der Waals surface area contributed by atoms with Gasteiger partial charge in [-0.3, -0.25) is 0 Å². The van der Waals surface area contributed by atoms with Crippen molar-refractivity contribution in [1.82, 2.24) is 9.97 Å². The Morgan fingerprint density at radius 1 is 1.14 bits per heavy atom. The second-order valence-electron chi connectivity index (χ2n) is 5.82. The van der Waals surface area contributed by atoms with Gasteiger partial charge in [0.2, 0.25) is 0 Å². The van der Waals surface area contributed by atoms with Crippen molar-refractivity contribution in [2.75, 3.05) is 11.1 Å². The van der Waals surface area contributed by atoms with Crippen molar-refractivity contribution in [3.8, 4) is 0 Å². The summed E-state index contributed by atoms with van der Waals surface area (Å²) >= 11 is 1.74. The summed E-state index contributed by atoms with van der Waals surface area (Å²) < 4.78 is 1.18. The summed E-state index contributed by atoms with van der Waals surface area (Å²) in [6, 6.07) is 8.72. The number of aromatic nitrogens is 2. The van der Waals surface area contributed by atoms with Gasteiger partial charge in [0.05, 0.1) is 10.2 Å². The van der Waals surface area contributed by atoms with Crippen molar-refractivity contribution >= 4 is 33.1 Å². The molecule has 4 nitrogen and oxygen atoms in total. The number of rotatable bonds is 5. The highest BCUT2D eigenvalue weighted by molar-refractivity contribution is 7.18. The molecule has 22 heavy (non-hydrogen) atoms. The molecule has 4 rings (SSSR count). The van der Waals surface area contributed by atoms with E-state index in [0.29, 0.717) is 6.04 Å². The van der Waals surface area contributed by atoms with Crippen LogP contribution >= 0.6 is 11.3 Å². The lowest BCUT2D eigenvalue weighted by atomic mass is 10.1. The van der Waals surface area contributed by atoms with Crippen molar-refractivity contribution in [3.63, 3.8) is 0 Å². The van der Waals surface area contributed by atoms with Gasteiger partial charge in [-0.05, 0) is 54.3 Å². The van der Waals surface area contributed by atoms with E-state index in [0.717, 1.165) is 29.9 Å². The van der Waals surface area contributed by atoms with E-state index in [1.807, 2.05) is 12.1 Å². The Kier molecular flexibility index (Phi) is 3.42. The molecule has 1 fully saturated rings. The Morgan fingerprint density at radius 2 is 1.95 bits per heavy atom. The van der Waals surface area contributed by atoms with E-state index in [2.05, 4.69) is 32.8 Å². The standard InChI is InChI=1S/C17H18N4S/c18-13-5-2-11(3-6-13)1-4-12-9-22-16-15(12)19-10-20-17(16)21-14-7-8-14/h2-3,5-6,9-10,14H,1,4,7-8,18H2,(H,19,20,21). The van der Waals surface area contributed by atoms with Gasteiger partial charge in [-0.25, -0.2) is 9.97 Å². The van der Waals surface area contributed by atoms with E-state index in [1.165, 1.54) is 28.7 Å². The zero-order chi connectivity index (χ0) is 14.9. The van der Waals surface area contributed by atoms with Crippen LogP contribution < -0.4 is 11.1 Å². The number of nitrogens with zero attached hydrogens (tertiary/aromatic N) is 2. The van der Waals surface area contributed by atoms with E-state index in [-0.39, 0.29) is 0 Å². The molecule has 1 aromatic carbocycles. The molecule has 112 valence electrons. The minimum Gasteiger partial charge on any atom is -0.399 e. The quantitative estimate of drug-likeness (QED) is 0.706. The second-order valence-corrected chi connectivity index (χ2v) is 6.70. The smallest absolute Gasteiger partial charge is 0.147 e. The molecule has 0 spiro atoms. The van der Waals surface area contributed by atoms with Crippen molar-refractivity contribution in [3.05, 3.63) is 47.1 Å². The zero-order valence-corrected chi connectivity index (χ0v) is 13.1. The third-order valence-electron chi connectivity index (χ3n) is 4.01. The average Bonchev–Trinajstić information content (AvgIpc) is 3.25. The number of benzene rings is 1. The van der Waals surface area contributed by atoms with Gasteiger partial charge in [0.15, 0.2) is 0 Å². The van der Waals surface area contributed by atoms with Gasteiger partial charge in [-0.1, -0.05) is 12.1 Å². The predicted molar refractivity (Wildman–Crippen MR) is 92.3 cm³/mol. The Bertz CT molecular complexity index is 790. The first-order chi connectivity index (χ1) is 10.8. The SMILES string of the molecule is Nc1ccc(CCc2csc3c(NC4CC4)ncnc23)cc1. The molecular formula is C17H18N4S. The van der Waals surface area contributed by atoms with Gasteiger partial charge in [0.1, 0.15) is 12.1 Å². The summed E-state index contributed by atoms with van der Waals surface area (Å²) in [5, 5.41) is 5.71. The van der Waals surface area contributed by atoms with Crippen LogP contribution in [0.15, 0.2) is 36.0 Å². The summed E-state index contributed by atoms with van der Waals surface area (Å²) in [5.74, 6) is 0.997. The molecule has 2 heterocycles. The first kappa shape index (κ1) is 13.5. The van der Waals surface area contributed by atoms with Crippen LogP contribution in [0.2, 0.25) is 0 Å². The highest BCUT2D eigenvalue weighted by Gasteiger charge is 2.23. The number of nitrogen functional groups attached to an aromatic ring is 1. The molecule has 0 amide bonds. The summed E-state index contributed by atoms with van der Waals surface area (Å²) in [6.45, 7) is 0. The molecule has 0 bridgehead atoms. The van der Waals surface area contributed by atoms with Crippen LogP contribution in [-0.4, -0.2) is 16.0 Å². The molecular weight excluding hydrogens is 292 g/mol. The summed E-state index contributed by atoms with van der Waals surface area (Å²) in [5.41, 5.74) is 10.2. The lowest BCUT2D eigenvalue weighted by molar-refractivity contribution is 0.968. The van der Waals surface area contributed by atoms with Crippen molar-refractivity contribution in [2.24, 2.45) is 0 Å². The number of hydrogen-bond acceptors (Lipinski definition) is 5. The first-order valence-electron chi connectivity index (χ1n) is 7.61. The fourth-order valence-corrected chi connectivity index (χ4v) is 3.57. The van der Waals surface area contributed by atoms with Crippen LogP contribution in [0.1, 0.15) is 24.0 Å². The Hall–Kier alpha value is -2.14. The zero-order valence-electron chi connectivity index (χ0n) is 12.2. The molecule has 1 saturated carbocycles. The molecule has 0 unspecified atom stereocenters. The normalized spacial score (nSPS) is 14.4.